The number of alkyl halides is 3. The van der Waals surface area contributed by atoms with E-state index >= 15 is 0 Å². The molecule has 21 heavy (non-hydrogen) atoms. The Balaban J connectivity index is 0.00000400. The molecule has 1 fully saturated rings. The number of rotatable bonds is 6. The minimum Gasteiger partial charge on any atom is -0.357 e. The molecule has 8 heteroatoms. The summed E-state index contributed by atoms with van der Waals surface area (Å²) >= 11 is 0. The van der Waals surface area contributed by atoms with Gasteiger partial charge in [0.15, 0.2) is 5.96 Å². The minimum atomic E-state index is -4.13. The number of nitrogens with zero attached hydrogens (tertiary/aromatic N) is 2. The quantitative estimate of drug-likeness (QED) is 0.393. The normalized spacial score (nSPS) is 20.2. The van der Waals surface area contributed by atoms with Crippen molar-refractivity contribution in [3.05, 3.63) is 0 Å². The van der Waals surface area contributed by atoms with Crippen molar-refractivity contribution < 1.29 is 13.2 Å². The number of aliphatic imine (C=N–C) groups is 1. The summed E-state index contributed by atoms with van der Waals surface area (Å²) in [5, 5.41) is 5.71. The third-order valence-corrected chi connectivity index (χ3v) is 3.41. The summed E-state index contributed by atoms with van der Waals surface area (Å²) < 4.78 is 36.3. The second kappa shape index (κ2) is 10.5. The standard InChI is InChI=1S/C13H25F3N4.HI/c1-3-17-12(18-8-7-13(14,15)16)19-10-11-6-5-9-20(11)4-2;/h11H,3-10H2,1-2H3,(H2,17,18,19);1H. The van der Waals surface area contributed by atoms with Gasteiger partial charge in [-0.1, -0.05) is 6.92 Å². The summed E-state index contributed by atoms with van der Waals surface area (Å²) in [6.07, 6.45) is -2.69. The van der Waals surface area contributed by atoms with Gasteiger partial charge in [-0.15, -0.1) is 24.0 Å². The van der Waals surface area contributed by atoms with E-state index in [-0.39, 0.29) is 30.5 Å². The second-order valence-corrected chi connectivity index (χ2v) is 4.94. The van der Waals surface area contributed by atoms with E-state index in [1.54, 1.807) is 0 Å². The van der Waals surface area contributed by atoms with Gasteiger partial charge in [0, 0.05) is 19.1 Å². The first-order valence-corrected chi connectivity index (χ1v) is 7.29. The molecule has 1 atom stereocenters. The van der Waals surface area contributed by atoms with Crippen molar-refractivity contribution in [3.8, 4) is 0 Å². The zero-order chi connectivity index (χ0) is 15.0. The fourth-order valence-corrected chi connectivity index (χ4v) is 2.38. The third-order valence-electron chi connectivity index (χ3n) is 3.41. The largest absolute Gasteiger partial charge is 0.390 e. The zero-order valence-electron chi connectivity index (χ0n) is 12.7. The highest BCUT2D eigenvalue weighted by atomic mass is 127. The molecule has 0 aromatic rings. The maximum absolute atomic E-state index is 12.1. The predicted octanol–water partition coefficient (Wildman–Crippen LogP) is 2.60. The molecular formula is C13H26F3IN4. The lowest BCUT2D eigenvalue weighted by Gasteiger charge is -2.21. The Labute approximate surface area is 142 Å². The number of likely N-dealkylation sites (tertiary alicyclic amines) is 1. The van der Waals surface area contributed by atoms with Gasteiger partial charge in [-0.2, -0.15) is 13.2 Å². The SMILES string of the molecule is CCNC(=NCC1CCCN1CC)NCCC(F)(F)F.I. The maximum Gasteiger partial charge on any atom is 0.390 e. The van der Waals surface area contributed by atoms with Crippen LogP contribution in [0.4, 0.5) is 13.2 Å². The molecule has 0 aliphatic carbocycles. The Hall–Kier alpha value is -0.250. The van der Waals surface area contributed by atoms with Crippen molar-refractivity contribution in [1.29, 1.82) is 0 Å². The Morgan fingerprint density at radius 2 is 2.00 bits per heavy atom. The molecule has 1 saturated heterocycles. The Bertz CT molecular complexity index is 310. The first kappa shape index (κ1) is 20.8. The lowest BCUT2D eigenvalue weighted by molar-refractivity contribution is -0.132. The van der Waals surface area contributed by atoms with Crippen LogP contribution in [0.5, 0.6) is 0 Å². The Morgan fingerprint density at radius 3 is 2.57 bits per heavy atom. The van der Waals surface area contributed by atoms with Gasteiger partial charge < -0.3 is 10.6 Å². The minimum absolute atomic E-state index is 0. The molecule has 0 bridgehead atoms. The van der Waals surface area contributed by atoms with Crippen molar-refractivity contribution in [2.24, 2.45) is 4.99 Å². The highest BCUT2D eigenvalue weighted by Crippen LogP contribution is 2.18. The maximum atomic E-state index is 12.1. The number of halogens is 4. The molecule has 1 aliphatic rings. The van der Waals surface area contributed by atoms with E-state index in [1.807, 2.05) is 6.92 Å². The second-order valence-electron chi connectivity index (χ2n) is 4.94. The van der Waals surface area contributed by atoms with Gasteiger partial charge in [0.25, 0.3) is 0 Å². The summed E-state index contributed by atoms with van der Waals surface area (Å²) in [4.78, 5) is 6.76. The van der Waals surface area contributed by atoms with Crippen LogP contribution < -0.4 is 10.6 Å². The third kappa shape index (κ3) is 8.70. The molecular weight excluding hydrogens is 396 g/mol. The molecule has 0 aromatic carbocycles. The summed E-state index contributed by atoms with van der Waals surface area (Å²) in [5.41, 5.74) is 0. The van der Waals surface area contributed by atoms with Crippen LogP contribution in [-0.2, 0) is 0 Å². The molecule has 0 saturated carbocycles. The van der Waals surface area contributed by atoms with Crippen LogP contribution >= 0.6 is 24.0 Å². The Morgan fingerprint density at radius 1 is 1.29 bits per heavy atom. The number of hydrogen-bond donors (Lipinski definition) is 2. The fourth-order valence-electron chi connectivity index (χ4n) is 2.38. The van der Waals surface area contributed by atoms with E-state index in [1.165, 1.54) is 6.42 Å². The van der Waals surface area contributed by atoms with Crippen LogP contribution in [-0.4, -0.2) is 55.8 Å². The molecule has 2 N–H and O–H groups in total. The average molecular weight is 422 g/mol. The van der Waals surface area contributed by atoms with E-state index in [2.05, 4.69) is 27.4 Å². The van der Waals surface area contributed by atoms with Crippen LogP contribution in [0.25, 0.3) is 0 Å². The summed E-state index contributed by atoms with van der Waals surface area (Å²) in [6, 6.07) is 0.415. The van der Waals surface area contributed by atoms with E-state index in [0.29, 0.717) is 25.1 Å². The number of likely N-dealkylation sites (N-methyl/N-ethyl adjacent to an activating group) is 1. The number of guanidine groups is 1. The van der Waals surface area contributed by atoms with Crippen LogP contribution in [0, 0.1) is 0 Å². The highest BCUT2D eigenvalue weighted by Gasteiger charge is 2.26. The highest BCUT2D eigenvalue weighted by molar-refractivity contribution is 14.0. The molecule has 0 aromatic heterocycles. The van der Waals surface area contributed by atoms with Crippen molar-refractivity contribution >= 4 is 29.9 Å². The first-order chi connectivity index (χ1) is 9.46. The van der Waals surface area contributed by atoms with E-state index in [0.717, 1.165) is 19.5 Å². The molecule has 0 spiro atoms. The summed E-state index contributed by atoms with van der Waals surface area (Å²) in [7, 11) is 0. The van der Waals surface area contributed by atoms with Crippen LogP contribution in [0.2, 0.25) is 0 Å². The zero-order valence-corrected chi connectivity index (χ0v) is 15.0. The molecule has 1 aliphatic heterocycles. The Kier molecular flexibility index (Phi) is 10.3. The summed E-state index contributed by atoms with van der Waals surface area (Å²) in [6.45, 7) is 7.24. The van der Waals surface area contributed by atoms with Crippen molar-refractivity contribution in [3.63, 3.8) is 0 Å². The van der Waals surface area contributed by atoms with Crippen LogP contribution in [0.15, 0.2) is 4.99 Å². The van der Waals surface area contributed by atoms with E-state index in [9.17, 15) is 13.2 Å². The van der Waals surface area contributed by atoms with E-state index < -0.39 is 12.6 Å². The molecule has 1 rings (SSSR count). The number of nitrogens with one attached hydrogen (secondary N) is 2. The van der Waals surface area contributed by atoms with Gasteiger partial charge in [0.05, 0.1) is 13.0 Å². The van der Waals surface area contributed by atoms with Crippen LogP contribution in [0.1, 0.15) is 33.1 Å². The van der Waals surface area contributed by atoms with Gasteiger partial charge in [-0.25, -0.2) is 0 Å². The molecule has 1 unspecified atom stereocenters. The van der Waals surface area contributed by atoms with Crippen molar-refractivity contribution in [1.82, 2.24) is 15.5 Å². The predicted molar refractivity (Wildman–Crippen MR) is 90.3 cm³/mol. The molecule has 126 valence electrons. The van der Waals surface area contributed by atoms with Gasteiger partial charge in [-0.05, 0) is 32.9 Å². The van der Waals surface area contributed by atoms with Gasteiger partial charge in [-0.3, -0.25) is 9.89 Å². The van der Waals surface area contributed by atoms with Gasteiger partial charge in [0.2, 0.25) is 0 Å². The fraction of sp³-hybridized carbons (Fsp3) is 0.923. The average Bonchev–Trinajstić information content (AvgIpc) is 2.81. The lowest BCUT2D eigenvalue weighted by Crippen LogP contribution is -2.40. The van der Waals surface area contributed by atoms with Crippen molar-refractivity contribution in [2.45, 2.75) is 45.3 Å². The molecule has 0 amide bonds. The molecule has 0 radical (unpaired) electrons. The van der Waals surface area contributed by atoms with Gasteiger partial charge in [0.1, 0.15) is 0 Å². The smallest absolute Gasteiger partial charge is 0.357 e. The monoisotopic (exact) mass is 422 g/mol. The van der Waals surface area contributed by atoms with Gasteiger partial charge >= 0.3 is 6.18 Å². The number of hydrogen-bond acceptors (Lipinski definition) is 2. The molecule has 1 heterocycles. The van der Waals surface area contributed by atoms with Crippen LogP contribution in [0.3, 0.4) is 0 Å². The topological polar surface area (TPSA) is 39.7 Å². The van der Waals surface area contributed by atoms with Crippen molar-refractivity contribution in [2.75, 3.05) is 32.7 Å². The summed E-state index contributed by atoms with van der Waals surface area (Å²) in [5.74, 6) is 0.472. The molecule has 4 nitrogen and oxygen atoms in total. The first-order valence-electron chi connectivity index (χ1n) is 7.29. The lowest BCUT2D eigenvalue weighted by atomic mass is 10.2. The van der Waals surface area contributed by atoms with E-state index in [4.69, 9.17) is 0 Å².